The summed E-state index contributed by atoms with van der Waals surface area (Å²) in [4.78, 5) is 4.93. The third kappa shape index (κ3) is 2.73. The first-order valence-electron chi connectivity index (χ1n) is 5.55. The fourth-order valence-electron chi connectivity index (χ4n) is 1.56. The third-order valence-corrected chi connectivity index (χ3v) is 3.47. The number of hydrogen-bond donors (Lipinski definition) is 1. The Balaban J connectivity index is 2.39. The summed E-state index contributed by atoms with van der Waals surface area (Å²) in [5.41, 5.74) is 1.86. The maximum atomic E-state index is 13.5. The molecule has 3 nitrogen and oxygen atoms in total. The van der Waals surface area contributed by atoms with Crippen molar-refractivity contribution >= 4 is 11.8 Å². The lowest BCUT2D eigenvalue weighted by Gasteiger charge is -2.11. The molecule has 0 aliphatic rings. The smallest absolute Gasteiger partial charge is 0.260 e. The van der Waals surface area contributed by atoms with Crippen LogP contribution in [0.15, 0.2) is 32.9 Å². The van der Waals surface area contributed by atoms with E-state index in [1.165, 1.54) is 17.8 Å². The van der Waals surface area contributed by atoms with Gasteiger partial charge >= 0.3 is 0 Å². The molecule has 2 rings (SSSR count). The Morgan fingerprint density at radius 2 is 2.11 bits per heavy atom. The fourth-order valence-corrected chi connectivity index (χ4v) is 2.62. The van der Waals surface area contributed by atoms with Gasteiger partial charge in [0.15, 0.2) is 0 Å². The predicted octanol–water partition coefficient (Wildman–Crippen LogP) is 3.64. The quantitative estimate of drug-likeness (QED) is 0.922. The lowest BCUT2D eigenvalue weighted by atomic mass is 10.1. The summed E-state index contributed by atoms with van der Waals surface area (Å²) in [5.74, 6) is -0.321. The minimum Gasteiger partial charge on any atom is -0.439 e. The second-order valence-corrected chi connectivity index (χ2v) is 5.17. The Morgan fingerprint density at radius 1 is 1.39 bits per heavy atom. The largest absolute Gasteiger partial charge is 0.439 e. The van der Waals surface area contributed by atoms with E-state index in [2.05, 4.69) is 4.98 Å². The molecule has 1 N–H and O–H groups in total. The van der Waals surface area contributed by atoms with Gasteiger partial charge in [0.25, 0.3) is 5.22 Å². The van der Waals surface area contributed by atoms with E-state index in [9.17, 15) is 9.50 Å². The highest BCUT2D eigenvalue weighted by atomic mass is 32.2. The molecule has 1 aromatic heterocycles. The van der Waals surface area contributed by atoms with Gasteiger partial charge in [0.05, 0.1) is 11.8 Å². The molecule has 0 amide bonds. The molecule has 1 aromatic carbocycles. The molecular weight excluding hydrogens is 253 g/mol. The number of aliphatic hydroxyl groups is 1. The van der Waals surface area contributed by atoms with Gasteiger partial charge in [-0.3, -0.25) is 0 Å². The monoisotopic (exact) mass is 267 g/mol. The summed E-state index contributed by atoms with van der Waals surface area (Å²) in [6, 6.07) is 3.06. The van der Waals surface area contributed by atoms with Crippen molar-refractivity contribution in [3.63, 3.8) is 0 Å². The first-order chi connectivity index (χ1) is 8.47. The number of hydrogen-bond acceptors (Lipinski definition) is 4. The van der Waals surface area contributed by atoms with E-state index in [-0.39, 0.29) is 5.82 Å². The van der Waals surface area contributed by atoms with E-state index >= 15 is 0 Å². The van der Waals surface area contributed by atoms with Crippen molar-refractivity contribution in [2.24, 2.45) is 0 Å². The van der Waals surface area contributed by atoms with Gasteiger partial charge in [-0.05, 0) is 55.8 Å². The molecule has 0 fully saturated rings. The second kappa shape index (κ2) is 5.12. The maximum Gasteiger partial charge on any atom is 0.260 e. The minimum absolute atomic E-state index is 0.321. The van der Waals surface area contributed by atoms with Crippen molar-refractivity contribution in [1.29, 1.82) is 0 Å². The predicted molar refractivity (Wildman–Crippen MR) is 67.1 cm³/mol. The normalized spacial score (nSPS) is 12.7. The average molecular weight is 267 g/mol. The van der Waals surface area contributed by atoms with Crippen LogP contribution in [-0.4, -0.2) is 10.1 Å². The van der Waals surface area contributed by atoms with Crippen LogP contribution in [-0.2, 0) is 0 Å². The highest BCUT2D eigenvalue weighted by Gasteiger charge is 2.14. The maximum absolute atomic E-state index is 13.5. The Kier molecular flexibility index (Phi) is 3.73. The Labute approximate surface area is 109 Å². The first kappa shape index (κ1) is 13.1. The van der Waals surface area contributed by atoms with Crippen LogP contribution >= 0.6 is 11.8 Å². The molecule has 2 aromatic rings. The van der Waals surface area contributed by atoms with Gasteiger partial charge in [0.2, 0.25) is 0 Å². The van der Waals surface area contributed by atoms with Crippen molar-refractivity contribution in [3.05, 3.63) is 41.0 Å². The van der Waals surface area contributed by atoms with Crippen molar-refractivity contribution in [2.45, 2.75) is 37.0 Å². The van der Waals surface area contributed by atoms with Gasteiger partial charge in [-0.15, -0.1) is 0 Å². The van der Waals surface area contributed by atoms with E-state index in [4.69, 9.17) is 4.42 Å². The summed E-state index contributed by atoms with van der Waals surface area (Å²) in [7, 11) is 0. The zero-order valence-corrected chi connectivity index (χ0v) is 11.2. The Hall–Kier alpha value is -1.33. The molecule has 0 aliphatic heterocycles. The standard InChI is InChI=1S/C13H14FNO2S/c1-7-4-12(10(9(3)16)5-11(7)14)18-13-15-8(2)6-17-13/h4-6,9,16H,1-3H3/t9-/m0/s1. The van der Waals surface area contributed by atoms with Gasteiger partial charge in [-0.1, -0.05) is 0 Å². The number of halogens is 1. The molecule has 0 saturated heterocycles. The van der Waals surface area contributed by atoms with Crippen LogP contribution in [0.25, 0.3) is 0 Å². The highest BCUT2D eigenvalue weighted by Crippen LogP contribution is 2.34. The molecule has 96 valence electrons. The van der Waals surface area contributed by atoms with Crippen molar-refractivity contribution in [1.82, 2.24) is 4.98 Å². The van der Waals surface area contributed by atoms with Gasteiger partial charge in [-0.25, -0.2) is 9.37 Å². The van der Waals surface area contributed by atoms with Crippen LogP contribution < -0.4 is 0 Å². The van der Waals surface area contributed by atoms with Crippen molar-refractivity contribution in [3.8, 4) is 0 Å². The fraction of sp³-hybridized carbons (Fsp3) is 0.308. The van der Waals surface area contributed by atoms with Crippen LogP contribution in [0.5, 0.6) is 0 Å². The van der Waals surface area contributed by atoms with E-state index in [0.29, 0.717) is 16.3 Å². The zero-order chi connectivity index (χ0) is 13.3. The van der Waals surface area contributed by atoms with E-state index in [1.807, 2.05) is 6.92 Å². The summed E-state index contributed by atoms with van der Waals surface area (Å²) in [5, 5.41) is 10.2. The average Bonchev–Trinajstić information content (AvgIpc) is 2.68. The number of rotatable bonds is 3. The molecule has 0 bridgehead atoms. The van der Waals surface area contributed by atoms with Crippen molar-refractivity contribution in [2.75, 3.05) is 0 Å². The molecular formula is C13H14FNO2S. The molecule has 0 unspecified atom stereocenters. The van der Waals surface area contributed by atoms with E-state index < -0.39 is 6.10 Å². The SMILES string of the molecule is Cc1coc(Sc2cc(C)c(F)cc2[C@H](C)O)n1. The lowest BCUT2D eigenvalue weighted by molar-refractivity contribution is 0.195. The number of aliphatic hydroxyl groups excluding tert-OH is 1. The Morgan fingerprint density at radius 3 is 2.67 bits per heavy atom. The first-order valence-corrected chi connectivity index (χ1v) is 6.37. The van der Waals surface area contributed by atoms with Gasteiger partial charge in [0, 0.05) is 4.90 Å². The van der Waals surface area contributed by atoms with E-state index in [1.54, 1.807) is 26.2 Å². The minimum atomic E-state index is -0.737. The van der Waals surface area contributed by atoms with Gasteiger partial charge in [-0.2, -0.15) is 0 Å². The van der Waals surface area contributed by atoms with Crippen LogP contribution in [0.4, 0.5) is 4.39 Å². The summed E-state index contributed by atoms with van der Waals surface area (Å²) in [6.07, 6.45) is 0.819. The van der Waals surface area contributed by atoms with Crippen LogP contribution in [0, 0.1) is 19.7 Å². The zero-order valence-electron chi connectivity index (χ0n) is 10.4. The molecule has 1 heterocycles. The molecule has 0 radical (unpaired) electrons. The molecule has 0 saturated carbocycles. The number of nitrogens with zero attached hydrogens (tertiary/aromatic N) is 1. The third-order valence-electron chi connectivity index (χ3n) is 2.54. The summed E-state index contributed by atoms with van der Waals surface area (Å²) in [6.45, 7) is 5.13. The summed E-state index contributed by atoms with van der Waals surface area (Å²) >= 11 is 1.28. The number of benzene rings is 1. The molecule has 0 aliphatic carbocycles. The second-order valence-electron chi connectivity index (χ2n) is 4.17. The lowest BCUT2D eigenvalue weighted by Crippen LogP contribution is -1.97. The van der Waals surface area contributed by atoms with Crippen LogP contribution in [0.2, 0.25) is 0 Å². The highest BCUT2D eigenvalue weighted by molar-refractivity contribution is 7.99. The van der Waals surface area contributed by atoms with Crippen molar-refractivity contribution < 1.29 is 13.9 Å². The number of aromatic nitrogens is 1. The topological polar surface area (TPSA) is 46.3 Å². The van der Waals surface area contributed by atoms with Gasteiger partial charge in [0.1, 0.15) is 12.1 Å². The van der Waals surface area contributed by atoms with Crippen LogP contribution in [0.3, 0.4) is 0 Å². The van der Waals surface area contributed by atoms with Gasteiger partial charge < -0.3 is 9.52 Å². The molecule has 0 spiro atoms. The Bertz CT molecular complexity index is 566. The van der Waals surface area contributed by atoms with E-state index in [0.717, 1.165) is 10.6 Å². The number of aryl methyl sites for hydroxylation is 2. The molecule has 1 atom stereocenters. The summed E-state index contributed by atoms with van der Waals surface area (Å²) < 4.78 is 18.8. The molecule has 5 heteroatoms. The number of oxazole rings is 1. The van der Waals surface area contributed by atoms with Crippen LogP contribution in [0.1, 0.15) is 29.8 Å². The molecule has 18 heavy (non-hydrogen) atoms.